The van der Waals surface area contributed by atoms with E-state index in [4.69, 9.17) is 0 Å². The fourth-order valence-corrected chi connectivity index (χ4v) is 3.11. The van der Waals surface area contributed by atoms with E-state index in [1.54, 1.807) is 7.05 Å². The molecule has 0 unspecified atom stereocenters. The molecule has 0 aliphatic carbocycles. The second kappa shape index (κ2) is 3.90. The van der Waals surface area contributed by atoms with Gasteiger partial charge in [0.15, 0.2) is 0 Å². The predicted octanol–water partition coefficient (Wildman–Crippen LogP) is -0.0103. The molecule has 0 radical (unpaired) electrons. The topological polar surface area (TPSA) is 68.1 Å². The number of hydrogen-bond acceptors (Lipinski definition) is 4. The van der Waals surface area contributed by atoms with E-state index in [2.05, 4.69) is 10.3 Å². The van der Waals surface area contributed by atoms with Gasteiger partial charge in [0.25, 0.3) is 10.0 Å². The van der Waals surface area contributed by atoms with Crippen LogP contribution in [0, 0.1) is 0 Å². The SMILES string of the molecule is Cn1cc(S(=O)(=O)N2CCCCC2)nn1. The molecule has 1 aliphatic heterocycles. The van der Waals surface area contributed by atoms with E-state index in [1.165, 1.54) is 15.2 Å². The van der Waals surface area contributed by atoms with Gasteiger partial charge in [-0.3, -0.25) is 4.68 Å². The Bertz CT molecular complexity index is 433. The monoisotopic (exact) mass is 230 g/mol. The third-order valence-corrected chi connectivity index (χ3v) is 4.26. The molecule has 0 N–H and O–H groups in total. The summed E-state index contributed by atoms with van der Waals surface area (Å²) < 4.78 is 26.9. The molecule has 15 heavy (non-hydrogen) atoms. The van der Waals surface area contributed by atoms with Crippen LogP contribution in [0.1, 0.15) is 19.3 Å². The van der Waals surface area contributed by atoms with Crippen molar-refractivity contribution >= 4 is 10.0 Å². The van der Waals surface area contributed by atoms with Crippen molar-refractivity contribution < 1.29 is 8.42 Å². The van der Waals surface area contributed by atoms with Crippen LogP contribution in [-0.2, 0) is 17.1 Å². The van der Waals surface area contributed by atoms with Crippen molar-refractivity contribution in [3.05, 3.63) is 6.20 Å². The Labute approximate surface area is 88.9 Å². The molecule has 1 saturated heterocycles. The summed E-state index contributed by atoms with van der Waals surface area (Å²) in [6.07, 6.45) is 4.40. The first kappa shape index (κ1) is 10.6. The lowest BCUT2D eigenvalue weighted by atomic mass is 10.2. The number of nitrogens with zero attached hydrogens (tertiary/aromatic N) is 4. The molecule has 84 valence electrons. The van der Waals surface area contributed by atoms with Gasteiger partial charge in [-0.1, -0.05) is 11.6 Å². The Balaban J connectivity index is 2.26. The molecule has 0 bridgehead atoms. The van der Waals surface area contributed by atoms with Crippen LogP contribution < -0.4 is 0 Å². The minimum Gasteiger partial charge on any atom is -0.254 e. The molecule has 1 fully saturated rings. The summed E-state index contributed by atoms with van der Waals surface area (Å²) in [5, 5.41) is 7.33. The Kier molecular flexibility index (Phi) is 2.74. The maximum absolute atomic E-state index is 12.0. The zero-order valence-corrected chi connectivity index (χ0v) is 9.44. The molecule has 0 amide bonds. The van der Waals surface area contributed by atoms with E-state index >= 15 is 0 Å². The van der Waals surface area contributed by atoms with Crippen molar-refractivity contribution in [1.29, 1.82) is 0 Å². The van der Waals surface area contributed by atoms with Gasteiger partial charge in [-0.05, 0) is 12.8 Å². The molecule has 2 heterocycles. The number of aromatic nitrogens is 3. The van der Waals surface area contributed by atoms with Crippen LogP contribution >= 0.6 is 0 Å². The van der Waals surface area contributed by atoms with Gasteiger partial charge < -0.3 is 0 Å². The average molecular weight is 230 g/mol. The zero-order valence-electron chi connectivity index (χ0n) is 8.63. The smallest absolute Gasteiger partial charge is 0.254 e. The largest absolute Gasteiger partial charge is 0.264 e. The fraction of sp³-hybridized carbons (Fsp3) is 0.750. The zero-order chi connectivity index (χ0) is 10.9. The van der Waals surface area contributed by atoms with Crippen LogP contribution in [0.3, 0.4) is 0 Å². The summed E-state index contributed by atoms with van der Waals surface area (Å²) in [5.41, 5.74) is 0. The number of hydrogen-bond donors (Lipinski definition) is 0. The van der Waals surface area contributed by atoms with Crippen LogP contribution in [0.25, 0.3) is 0 Å². The highest BCUT2D eigenvalue weighted by Gasteiger charge is 2.28. The third kappa shape index (κ3) is 2.03. The Morgan fingerprint density at radius 3 is 2.47 bits per heavy atom. The Morgan fingerprint density at radius 1 is 1.27 bits per heavy atom. The van der Waals surface area contributed by atoms with Gasteiger partial charge in [-0.15, -0.1) is 5.10 Å². The van der Waals surface area contributed by atoms with Crippen molar-refractivity contribution in [3.8, 4) is 0 Å². The molecule has 0 atom stereocenters. The molecular weight excluding hydrogens is 216 g/mol. The summed E-state index contributed by atoms with van der Waals surface area (Å²) >= 11 is 0. The van der Waals surface area contributed by atoms with Crippen LogP contribution in [0.2, 0.25) is 0 Å². The number of piperidine rings is 1. The van der Waals surface area contributed by atoms with E-state index in [0.29, 0.717) is 13.1 Å². The minimum absolute atomic E-state index is 0.0481. The van der Waals surface area contributed by atoms with Gasteiger partial charge in [0.2, 0.25) is 5.03 Å². The molecule has 0 spiro atoms. The third-order valence-electron chi connectivity index (χ3n) is 2.50. The lowest BCUT2D eigenvalue weighted by Gasteiger charge is -2.24. The van der Waals surface area contributed by atoms with E-state index in [1.807, 2.05) is 0 Å². The molecule has 6 nitrogen and oxygen atoms in total. The summed E-state index contributed by atoms with van der Waals surface area (Å²) in [4.78, 5) is 0. The van der Waals surface area contributed by atoms with Crippen LogP contribution in [0.4, 0.5) is 0 Å². The van der Waals surface area contributed by atoms with Crippen molar-refractivity contribution in [3.63, 3.8) is 0 Å². The molecular formula is C8H14N4O2S. The molecule has 1 aliphatic rings. The highest BCUT2D eigenvalue weighted by atomic mass is 32.2. The van der Waals surface area contributed by atoms with E-state index in [-0.39, 0.29) is 5.03 Å². The van der Waals surface area contributed by atoms with Crippen LogP contribution in [-0.4, -0.2) is 40.8 Å². The van der Waals surface area contributed by atoms with Crippen LogP contribution in [0.15, 0.2) is 11.2 Å². The van der Waals surface area contributed by atoms with Crippen LogP contribution in [0.5, 0.6) is 0 Å². The first-order chi connectivity index (χ1) is 7.10. The predicted molar refractivity (Wildman–Crippen MR) is 53.6 cm³/mol. The fourth-order valence-electron chi connectivity index (χ4n) is 1.68. The van der Waals surface area contributed by atoms with E-state index in [9.17, 15) is 8.42 Å². The molecule has 7 heteroatoms. The molecule has 0 saturated carbocycles. The highest BCUT2D eigenvalue weighted by molar-refractivity contribution is 7.89. The Morgan fingerprint density at radius 2 is 1.93 bits per heavy atom. The summed E-state index contributed by atoms with van der Waals surface area (Å²) in [7, 11) is -1.75. The van der Waals surface area contributed by atoms with Gasteiger partial charge in [0, 0.05) is 20.1 Å². The molecule has 1 aromatic rings. The summed E-state index contributed by atoms with van der Waals surface area (Å²) in [5.74, 6) is 0. The van der Waals surface area contributed by atoms with Crippen molar-refractivity contribution in [2.45, 2.75) is 24.3 Å². The molecule has 1 aromatic heterocycles. The average Bonchev–Trinajstić information content (AvgIpc) is 2.67. The summed E-state index contributed by atoms with van der Waals surface area (Å²) in [6, 6.07) is 0. The second-order valence-corrected chi connectivity index (χ2v) is 5.58. The standard InChI is InChI=1S/C8H14N4O2S/c1-11-7-8(9-10-11)15(13,14)12-5-3-2-4-6-12/h7H,2-6H2,1H3. The maximum atomic E-state index is 12.0. The van der Waals surface area contributed by atoms with Gasteiger partial charge in [0.05, 0.1) is 6.20 Å². The van der Waals surface area contributed by atoms with Gasteiger partial charge in [-0.2, -0.15) is 4.31 Å². The lowest BCUT2D eigenvalue weighted by Crippen LogP contribution is -2.35. The highest BCUT2D eigenvalue weighted by Crippen LogP contribution is 2.17. The minimum atomic E-state index is -3.40. The molecule has 0 aromatic carbocycles. The van der Waals surface area contributed by atoms with Gasteiger partial charge in [0.1, 0.15) is 0 Å². The van der Waals surface area contributed by atoms with E-state index in [0.717, 1.165) is 19.3 Å². The normalized spacial score (nSPS) is 19.3. The lowest BCUT2D eigenvalue weighted by molar-refractivity contribution is 0.345. The first-order valence-corrected chi connectivity index (χ1v) is 6.41. The van der Waals surface area contributed by atoms with Crippen molar-refractivity contribution in [1.82, 2.24) is 19.3 Å². The number of rotatable bonds is 2. The van der Waals surface area contributed by atoms with Crippen molar-refractivity contribution in [2.24, 2.45) is 7.05 Å². The quantitative estimate of drug-likeness (QED) is 0.716. The number of sulfonamides is 1. The first-order valence-electron chi connectivity index (χ1n) is 4.97. The van der Waals surface area contributed by atoms with Gasteiger partial charge >= 0.3 is 0 Å². The number of aryl methyl sites for hydroxylation is 1. The van der Waals surface area contributed by atoms with Gasteiger partial charge in [-0.25, -0.2) is 8.42 Å². The Hall–Kier alpha value is -0.950. The second-order valence-electron chi connectivity index (χ2n) is 3.70. The summed E-state index contributed by atoms with van der Waals surface area (Å²) in [6.45, 7) is 1.19. The maximum Gasteiger partial charge on any atom is 0.264 e. The van der Waals surface area contributed by atoms with Crippen molar-refractivity contribution in [2.75, 3.05) is 13.1 Å². The molecule has 2 rings (SSSR count). The van der Waals surface area contributed by atoms with E-state index < -0.39 is 10.0 Å².